The molecule has 9 heteroatoms. The van der Waals surface area contributed by atoms with Crippen LogP contribution in [0.3, 0.4) is 0 Å². The Bertz CT molecular complexity index is 934. The Morgan fingerprint density at radius 1 is 1.20 bits per heavy atom. The summed E-state index contributed by atoms with van der Waals surface area (Å²) in [6, 6.07) is 7.42. The number of aromatic nitrogens is 2. The molecular weight excluding hydrogens is 331 g/mol. The molecule has 3 N–H and O–H groups in total. The van der Waals surface area contributed by atoms with Gasteiger partial charge in [0.25, 0.3) is 11.8 Å². The summed E-state index contributed by atoms with van der Waals surface area (Å²) in [7, 11) is 0. The molecule has 3 aromatic rings. The lowest BCUT2D eigenvalue weighted by Crippen LogP contribution is -2.30. The summed E-state index contributed by atoms with van der Waals surface area (Å²) in [4.78, 5) is 27.5. The van der Waals surface area contributed by atoms with Crippen molar-refractivity contribution in [2.45, 2.75) is 13.0 Å². The zero-order chi connectivity index (χ0) is 18.0. The number of furan rings is 1. The molecule has 3 rings (SSSR count). The topological polar surface area (TPSA) is 124 Å². The maximum absolute atomic E-state index is 14.2. The Kier molecular flexibility index (Phi) is 4.29. The van der Waals surface area contributed by atoms with Crippen molar-refractivity contribution < 1.29 is 22.9 Å². The third-order valence-electron chi connectivity index (χ3n) is 3.37. The van der Waals surface area contributed by atoms with Crippen molar-refractivity contribution in [2.75, 3.05) is 0 Å². The molecule has 0 aliphatic carbocycles. The molecule has 2 heterocycles. The van der Waals surface area contributed by atoms with Gasteiger partial charge in [-0.3, -0.25) is 9.59 Å². The van der Waals surface area contributed by atoms with Gasteiger partial charge in [0, 0.05) is 12.5 Å². The number of hydrogen-bond acceptors (Lipinski definition) is 6. The number of carbonyl (C=O) groups is 2. The van der Waals surface area contributed by atoms with Crippen molar-refractivity contribution in [2.24, 2.45) is 5.73 Å². The Hall–Kier alpha value is -3.49. The second-order valence-electron chi connectivity index (χ2n) is 5.13. The number of carbonyl (C=O) groups excluding carboxylic acids is 2. The van der Waals surface area contributed by atoms with Gasteiger partial charge in [-0.1, -0.05) is 23.4 Å². The second kappa shape index (κ2) is 6.56. The molecular formula is C16H13FN4O4. The van der Waals surface area contributed by atoms with E-state index in [0.717, 1.165) is 0 Å². The smallest absolute Gasteiger partial charge is 0.287 e. The highest BCUT2D eigenvalue weighted by Crippen LogP contribution is 2.23. The highest BCUT2D eigenvalue weighted by molar-refractivity contribution is 5.95. The van der Waals surface area contributed by atoms with E-state index >= 15 is 0 Å². The predicted octanol–water partition coefficient (Wildman–Crippen LogP) is 1.73. The Morgan fingerprint density at radius 2 is 1.92 bits per heavy atom. The van der Waals surface area contributed by atoms with Crippen LogP contribution in [0.1, 0.15) is 44.4 Å². The van der Waals surface area contributed by atoms with Crippen LogP contribution in [-0.4, -0.2) is 22.0 Å². The monoisotopic (exact) mass is 344 g/mol. The van der Waals surface area contributed by atoms with Gasteiger partial charge in [0.05, 0.1) is 0 Å². The summed E-state index contributed by atoms with van der Waals surface area (Å²) in [6.07, 6.45) is 0. The lowest BCUT2D eigenvalue weighted by atomic mass is 10.1. The van der Waals surface area contributed by atoms with Crippen molar-refractivity contribution in [1.29, 1.82) is 0 Å². The lowest BCUT2D eigenvalue weighted by Gasteiger charge is -2.15. The number of hydrogen-bond donors (Lipinski definition) is 2. The molecule has 25 heavy (non-hydrogen) atoms. The first-order valence-electron chi connectivity index (χ1n) is 7.21. The minimum atomic E-state index is -1.01. The maximum atomic E-state index is 14.2. The standard InChI is InChI=1S/C16H13FN4O4/c1-8-19-15(21-25-8)13(9-4-2-3-5-10(9)17)20-16(23)12-7-6-11(24-12)14(18)22/h2-7,13H,1H3,(H2,18,22)(H,20,23)/t13-/m1/s1. The fourth-order valence-corrected chi connectivity index (χ4v) is 2.22. The summed E-state index contributed by atoms with van der Waals surface area (Å²) in [5.41, 5.74) is 5.24. The van der Waals surface area contributed by atoms with Crippen LogP contribution in [0.4, 0.5) is 4.39 Å². The molecule has 0 unspecified atom stereocenters. The minimum Gasteiger partial charge on any atom is -0.446 e. The number of aryl methyl sites for hydroxylation is 1. The number of nitrogens with zero attached hydrogens (tertiary/aromatic N) is 2. The van der Waals surface area contributed by atoms with E-state index in [1.165, 1.54) is 30.3 Å². The average molecular weight is 344 g/mol. The van der Waals surface area contributed by atoms with Gasteiger partial charge in [-0.25, -0.2) is 4.39 Å². The van der Waals surface area contributed by atoms with E-state index in [1.54, 1.807) is 13.0 Å². The number of primary amides is 1. The molecule has 0 fully saturated rings. The third-order valence-corrected chi connectivity index (χ3v) is 3.37. The van der Waals surface area contributed by atoms with Crippen LogP contribution in [0.15, 0.2) is 45.3 Å². The Labute approximate surface area is 140 Å². The molecule has 0 aliphatic heterocycles. The Balaban J connectivity index is 1.93. The third kappa shape index (κ3) is 3.39. The molecule has 8 nitrogen and oxygen atoms in total. The zero-order valence-corrected chi connectivity index (χ0v) is 13.0. The van der Waals surface area contributed by atoms with Crippen molar-refractivity contribution >= 4 is 11.8 Å². The Morgan fingerprint density at radius 3 is 2.52 bits per heavy atom. The summed E-state index contributed by atoms with van der Waals surface area (Å²) < 4.78 is 24.2. The highest BCUT2D eigenvalue weighted by Gasteiger charge is 2.26. The van der Waals surface area contributed by atoms with Crippen LogP contribution in [0.25, 0.3) is 0 Å². The fourth-order valence-electron chi connectivity index (χ4n) is 2.22. The fraction of sp³-hybridized carbons (Fsp3) is 0.125. The van der Waals surface area contributed by atoms with Gasteiger partial charge in [-0.15, -0.1) is 0 Å². The van der Waals surface area contributed by atoms with E-state index < -0.39 is 23.7 Å². The summed E-state index contributed by atoms with van der Waals surface area (Å²) in [5, 5.41) is 6.30. The van der Waals surface area contributed by atoms with Gasteiger partial charge in [-0.2, -0.15) is 4.98 Å². The van der Waals surface area contributed by atoms with E-state index in [4.69, 9.17) is 14.7 Å². The number of amides is 2. The van der Waals surface area contributed by atoms with Gasteiger partial charge in [-0.05, 0) is 18.2 Å². The molecule has 0 spiro atoms. The first-order chi connectivity index (χ1) is 12.0. The van der Waals surface area contributed by atoms with Crippen molar-refractivity contribution in [3.8, 4) is 0 Å². The predicted molar refractivity (Wildman–Crippen MR) is 82.0 cm³/mol. The van der Waals surface area contributed by atoms with Crippen molar-refractivity contribution in [3.05, 3.63) is 71.0 Å². The van der Waals surface area contributed by atoms with Crippen LogP contribution in [0.2, 0.25) is 0 Å². The van der Waals surface area contributed by atoms with E-state index in [-0.39, 0.29) is 28.8 Å². The highest BCUT2D eigenvalue weighted by atomic mass is 19.1. The number of nitrogens with one attached hydrogen (secondary N) is 1. The minimum absolute atomic E-state index is 0.0811. The largest absolute Gasteiger partial charge is 0.446 e. The molecule has 1 aromatic carbocycles. The van der Waals surface area contributed by atoms with Gasteiger partial charge < -0.3 is 20.0 Å². The second-order valence-corrected chi connectivity index (χ2v) is 5.13. The van der Waals surface area contributed by atoms with E-state index in [9.17, 15) is 14.0 Å². The molecule has 0 saturated heterocycles. The van der Waals surface area contributed by atoms with Gasteiger partial charge in [0.15, 0.2) is 17.3 Å². The maximum Gasteiger partial charge on any atom is 0.287 e. The number of rotatable bonds is 5. The number of halogens is 1. The summed E-state index contributed by atoms with van der Waals surface area (Å²) >= 11 is 0. The molecule has 0 saturated carbocycles. The quantitative estimate of drug-likeness (QED) is 0.726. The van der Waals surface area contributed by atoms with Crippen LogP contribution < -0.4 is 11.1 Å². The zero-order valence-electron chi connectivity index (χ0n) is 13.0. The average Bonchev–Trinajstić information content (AvgIpc) is 3.22. The number of nitrogens with two attached hydrogens (primary N) is 1. The van der Waals surface area contributed by atoms with Gasteiger partial charge in [0.2, 0.25) is 5.89 Å². The normalized spacial score (nSPS) is 11.9. The first-order valence-corrected chi connectivity index (χ1v) is 7.21. The summed E-state index contributed by atoms with van der Waals surface area (Å²) in [6.45, 7) is 1.57. The van der Waals surface area contributed by atoms with Crippen LogP contribution in [-0.2, 0) is 0 Å². The molecule has 0 bridgehead atoms. The van der Waals surface area contributed by atoms with Crippen molar-refractivity contribution in [3.63, 3.8) is 0 Å². The van der Waals surface area contributed by atoms with E-state index in [0.29, 0.717) is 0 Å². The van der Waals surface area contributed by atoms with Crippen LogP contribution >= 0.6 is 0 Å². The molecule has 0 aliphatic rings. The molecule has 2 amide bonds. The SMILES string of the molecule is Cc1nc([C@H](NC(=O)c2ccc(C(N)=O)o2)c2ccccc2F)no1. The first kappa shape index (κ1) is 16.4. The number of benzene rings is 1. The van der Waals surface area contributed by atoms with Crippen LogP contribution in [0, 0.1) is 12.7 Å². The molecule has 128 valence electrons. The molecule has 1 atom stereocenters. The van der Waals surface area contributed by atoms with E-state index in [2.05, 4.69) is 15.5 Å². The summed E-state index contributed by atoms with van der Waals surface area (Å²) in [5.74, 6) is -2.02. The molecule has 0 radical (unpaired) electrons. The van der Waals surface area contributed by atoms with Gasteiger partial charge >= 0.3 is 0 Å². The molecule has 2 aromatic heterocycles. The van der Waals surface area contributed by atoms with Crippen molar-refractivity contribution in [1.82, 2.24) is 15.5 Å². The van der Waals surface area contributed by atoms with Gasteiger partial charge in [0.1, 0.15) is 11.9 Å². The van der Waals surface area contributed by atoms with Crippen LogP contribution in [0.5, 0.6) is 0 Å². The lowest BCUT2D eigenvalue weighted by molar-refractivity contribution is 0.0904. The van der Waals surface area contributed by atoms with E-state index in [1.807, 2.05) is 0 Å².